The Labute approximate surface area is 272 Å². The van der Waals surface area contributed by atoms with Gasteiger partial charge in [-0.3, -0.25) is 9.59 Å². The number of carbonyl (C=O) groups is 3. The number of allylic oxidation sites excluding steroid dienone is 4. The standard InChI is InChI=1S/C36H42BrFO7/c1-5-6-7-8-17-44-32(42)31(23-9-12-25(37)13-10-23)45-21-30(41)36(43)22(2)18-28-27-14-11-24-19-26(39)15-16-33(24,3)35(27,38)29(40)20-34(28,36)4/h1,9-10,12-13,15-16,19,22,27-29,31,40,43H,6-8,11,14,17-18,20-21H2,2-4H3/t22-,27+,28+,29+,31?,33+,34+,35+,36+/m1/s1. The minimum Gasteiger partial charge on any atom is -0.464 e. The van der Waals surface area contributed by atoms with Crippen LogP contribution < -0.4 is 0 Å². The van der Waals surface area contributed by atoms with Crippen LogP contribution >= 0.6 is 15.9 Å². The highest BCUT2D eigenvalue weighted by molar-refractivity contribution is 9.10. The summed E-state index contributed by atoms with van der Waals surface area (Å²) in [7, 11) is 0. The molecule has 1 aromatic rings. The largest absolute Gasteiger partial charge is 0.464 e. The topological polar surface area (TPSA) is 110 Å². The molecule has 7 nitrogen and oxygen atoms in total. The zero-order valence-corrected chi connectivity index (χ0v) is 27.6. The molecule has 4 aliphatic rings. The van der Waals surface area contributed by atoms with E-state index < -0.39 is 70.4 Å². The van der Waals surface area contributed by atoms with Crippen molar-refractivity contribution in [2.24, 2.45) is 28.6 Å². The number of Topliss-reactive ketones (excluding diaryl/α,β-unsaturated/α-hetero) is 1. The number of alkyl halides is 1. The SMILES string of the molecule is C#CCCCCOC(=O)C(OCC(=O)[C@@]1(O)[C@H](C)C[C@H]2[C@@H]3CCC4=CC(=O)C=C[C@]4(C)[C@@]3(F)[C@@H](O)C[C@@]21C)c1ccc(Br)cc1. The number of ketones is 2. The number of ether oxygens (including phenoxy) is 2. The molecule has 3 saturated carbocycles. The fraction of sp³-hybridized carbons (Fsp3) is 0.583. The van der Waals surface area contributed by atoms with Crippen molar-refractivity contribution in [3.05, 3.63) is 58.1 Å². The molecular weight excluding hydrogens is 643 g/mol. The quantitative estimate of drug-likeness (QED) is 0.183. The Morgan fingerprint density at radius 3 is 2.60 bits per heavy atom. The summed E-state index contributed by atoms with van der Waals surface area (Å²) in [5, 5.41) is 23.9. The summed E-state index contributed by atoms with van der Waals surface area (Å²) in [5.41, 5.74) is -5.16. The van der Waals surface area contributed by atoms with E-state index in [2.05, 4.69) is 21.9 Å². The number of hydrogen-bond acceptors (Lipinski definition) is 7. The highest BCUT2D eigenvalue weighted by Crippen LogP contribution is 2.70. The maximum Gasteiger partial charge on any atom is 0.339 e. The van der Waals surface area contributed by atoms with Gasteiger partial charge < -0.3 is 19.7 Å². The molecule has 0 spiro atoms. The molecule has 0 saturated heterocycles. The van der Waals surface area contributed by atoms with Crippen molar-refractivity contribution in [3.8, 4) is 12.3 Å². The van der Waals surface area contributed by atoms with E-state index in [1.54, 1.807) is 51.1 Å². The molecule has 0 radical (unpaired) electrons. The summed E-state index contributed by atoms with van der Waals surface area (Å²) < 4.78 is 29.7. The highest BCUT2D eigenvalue weighted by Gasteiger charge is 2.75. The Kier molecular flexibility index (Phi) is 9.38. The van der Waals surface area contributed by atoms with E-state index in [-0.39, 0.29) is 18.8 Å². The second kappa shape index (κ2) is 12.5. The van der Waals surface area contributed by atoms with Crippen LogP contribution in [0.1, 0.15) is 77.4 Å². The second-order valence-corrected chi connectivity index (χ2v) is 14.6. The molecule has 45 heavy (non-hydrogen) atoms. The molecule has 4 aliphatic carbocycles. The van der Waals surface area contributed by atoms with E-state index in [0.717, 1.165) is 4.47 Å². The summed E-state index contributed by atoms with van der Waals surface area (Å²) in [6.07, 6.45) is 10.0. The van der Waals surface area contributed by atoms with Gasteiger partial charge in [0.1, 0.15) is 12.2 Å². The van der Waals surface area contributed by atoms with Gasteiger partial charge in [0, 0.05) is 27.6 Å². The molecule has 242 valence electrons. The monoisotopic (exact) mass is 684 g/mol. The normalized spacial score (nSPS) is 37.5. The molecule has 0 amide bonds. The van der Waals surface area contributed by atoms with Gasteiger partial charge in [-0.1, -0.05) is 53.6 Å². The Balaban J connectivity index is 1.38. The van der Waals surface area contributed by atoms with Gasteiger partial charge in [-0.05, 0) is 87.1 Å². The number of halogens is 2. The molecular formula is C36H42BrFO7. The van der Waals surface area contributed by atoms with Crippen molar-refractivity contribution >= 4 is 33.5 Å². The van der Waals surface area contributed by atoms with E-state index in [0.29, 0.717) is 49.7 Å². The van der Waals surface area contributed by atoms with Gasteiger partial charge in [-0.15, -0.1) is 12.3 Å². The van der Waals surface area contributed by atoms with Crippen molar-refractivity contribution in [3.63, 3.8) is 0 Å². The van der Waals surface area contributed by atoms with Gasteiger partial charge in [0.25, 0.3) is 0 Å². The smallest absolute Gasteiger partial charge is 0.339 e. The van der Waals surface area contributed by atoms with E-state index in [4.69, 9.17) is 15.9 Å². The van der Waals surface area contributed by atoms with Crippen LogP contribution in [0.3, 0.4) is 0 Å². The van der Waals surface area contributed by atoms with Crippen molar-refractivity contribution in [2.45, 2.75) is 89.2 Å². The molecule has 0 bridgehead atoms. The lowest BCUT2D eigenvalue weighted by molar-refractivity contribution is -0.220. The van der Waals surface area contributed by atoms with Crippen LogP contribution in [0.25, 0.3) is 0 Å². The molecule has 5 rings (SSSR count). The first kappa shape index (κ1) is 33.7. The van der Waals surface area contributed by atoms with Crippen LogP contribution in [-0.4, -0.2) is 58.3 Å². The number of carbonyl (C=O) groups excluding carboxylic acids is 3. The molecule has 9 heteroatoms. The first-order valence-electron chi connectivity index (χ1n) is 15.8. The Bertz CT molecular complexity index is 1450. The first-order valence-corrected chi connectivity index (χ1v) is 16.6. The summed E-state index contributed by atoms with van der Waals surface area (Å²) in [4.78, 5) is 39.3. The number of fused-ring (bicyclic) bond motifs is 5. The van der Waals surface area contributed by atoms with E-state index in [1.807, 2.05) is 0 Å². The second-order valence-electron chi connectivity index (χ2n) is 13.7. The number of terminal acetylenes is 1. The highest BCUT2D eigenvalue weighted by atomic mass is 79.9. The van der Waals surface area contributed by atoms with Crippen molar-refractivity contribution in [1.82, 2.24) is 0 Å². The lowest BCUT2D eigenvalue weighted by atomic mass is 9.44. The molecule has 1 aromatic carbocycles. The number of esters is 1. The summed E-state index contributed by atoms with van der Waals surface area (Å²) in [5.74, 6) is -0.521. The Hall–Kier alpha value is -2.64. The predicted octanol–water partition coefficient (Wildman–Crippen LogP) is 5.77. The van der Waals surface area contributed by atoms with Crippen LogP contribution in [0, 0.1) is 40.9 Å². The first-order chi connectivity index (χ1) is 21.2. The van der Waals surface area contributed by atoms with Gasteiger partial charge in [0.2, 0.25) is 0 Å². The Morgan fingerprint density at radius 1 is 1.20 bits per heavy atom. The van der Waals surface area contributed by atoms with Crippen molar-refractivity contribution in [2.75, 3.05) is 13.2 Å². The predicted molar refractivity (Wildman–Crippen MR) is 169 cm³/mol. The van der Waals surface area contributed by atoms with E-state index in [9.17, 15) is 24.6 Å². The molecule has 0 heterocycles. The summed E-state index contributed by atoms with van der Waals surface area (Å²) in [6, 6.07) is 6.89. The number of unbranched alkanes of at least 4 members (excludes halogenated alkanes) is 2. The molecule has 1 unspecified atom stereocenters. The van der Waals surface area contributed by atoms with Gasteiger partial charge >= 0.3 is 5.97 Å². The molecule has 0 aromatic heterocycles. The molecule has 2 N–H and O–H groups in total. The van der Waals surface area contributed by atoms with Gasteiger partial charge in [-0.25, -0.2) is 9.18 Å². The molecule has 0 aliphatic heterocycles. The average Bonchev–Trinajstić information content (AvgIpc) is 3.20. The van der Waals surface area contributed by atoms with E-state index >= 15 is 4.39 Å². The van der Waals surface area contributed by atoms with Crippen molar-refractivity contribution < 1.29 is 38.5 Å². The van der Waals surface area contributed by atoms with Gasteiger partial charge in [-0.2, -0.15) is 0 Å². The number of aliphatic hydroxyl groups excluding tert-OH is 1. The third-order valence-electron chi connectivity index (χ3n) is 11.4. The maximum absolute atomic E-state index is 17.5. The van der Waals surface area contributed by atoms with Gasteiger partial charge in [0.05, 0.1) is 12.7 Å². The third kappa shape index (κ3) is 5.36. The third-order valence-corrected chi connectivity index (χ3v) is 11.9. The Morgan fingerprint density at radius 2 is 1.91 bits per heavy atom. The van der Waals surface area contributed by atoms with Crippen LogP contribution in [0.5, 0.6) is 0 Å². The van der Waals surface area contributed by atoms with Crippen LogP contribution in [-0.2, 0) is 23.9 Å². The molecule has 3 fully saturated rings. The van der Waals surface area contributed by atoms with Crippen LogP contribution in [0.2, 0.25) is 0 Å². The zero-order chi connectivity index (χ0) is 32.8. The maximum atomic E-state index is 17.5. The number of aliphatic hydroxyl groups is 2. The number of benzene rings is 1. The van der Waals surface area contributed by atoms with Crippen molar-refractivity contribution in [1.29, 1.82) is 0 Å². The minimum absolute atomic E-state index is 0.141. The number of rotatable bonds is 10. The lowest BCUT2D eigenvalue weighted by Crippen LogP contribution is -2.69. The average molecular weight is 686 g/mol. The zero-order valence-electron chi connectivity index (χ0n) is 26.1. The van der Waals surface area contributed by atoms with Crippen LogP contribution in [0.4, 0.5) is 4.39 Å². The number of hydrogen-bond donors (Lipinski definition) is 2. The summed E-state index contributed by atoms with van der Waals surface area (Å²) in [6.45, 7) is 4.85. The van der Waals surface area contributed by atoms with Crippen LogP contribution in [0.15, 0.2) is 52.5 Å². The van der Waals surface area contributed by atoms with Gasteiger partial charge in [0.15, 0.2) is 23.3 Å². The minimum atomic E-state index is -2.07. The summed E-state index contributed by atoms with van der Waals surface area (Å²) >= 11 is 3.38. The molecule has 9 atom stereocenters. The lowest BCUT2D eigenvalue weighted by Gasteiger charge is -2.62. The fourth-order valence-corrected chi connectivity index (χ4v) is 9.19. The fourth-order valence-electron chi connectivity index (χ4n) is 8.93. The van der Waals surface area contributed by atoms with E-state index in [1.165, 1.54) is 12.2 Å².